The van der Waals surface area contributed by atoms with Gasteiger partial charge in [0.05, 0.1) is 5.69 Å². The molecule has 2 aromatic carbocycles. The number of benzene rings is 2. The minimum Gasteiger partial charge on any atom is -0.508 e. The molecule has 0 bridgehead atoms. The van der Waals surface area contributed by atoms with E-state index in [1.807, 2.05) is 36.4 Å². The fraction of sp³-hybridized carbons (Fsp3) is 0. The number of nitrogens with zero attached hydrogens (tertiary/aromatic N) is 1. The van der Waals surface area contributed by atoms with Crippen molar-refractivity contribution in [2.75, 3.05) is 4.90 Å². The first-order chi connectivity index (χ1) is 8.18. The van der Waals surface area contributed by atoms with E-state index >= 15 is 0 Å². The molecule has 0 saturated heterocycles. The standard InChI is InChI=1S/C13H12N2OS/c14-13(17)15(10-5-2-1-3-6-10)11-7-4-8-12(16)9-11/h1-9,16H,(H2,14,17). The predicted octanol–water partition coefficient (Wildman–Crippen LogP) is 2.77. The van der Waals surface area contributed by atoms with Gasteiger partial charge >= 0.3 is 0 Å². The van der Waals surface area contributed by atoms with Gasteiger partial charge in [0.25, 0.3) is 0 Å². The molecular formula is C13H12N2OS. The van der Waals surface area contributed by atoms with Gasteiger partial charge in [0.1, 0.15) is 5.75 Å². The molecular weight excluding hydrogens is 232 g/mol. The summed E-state index contributed by atoms with van der Waals surface area (Å²) >= 11 is 5.05. The van der Waals surface area contributed by atoms with Gasteiger partial charge in [-0.15, -0.1) is 0 Å². The molecule has 2 aromatic rings. The van der Waals surface area contributed by atoms with Crippen LogP contribution in [0.15, 0.2) is 54.6 Å². The van der Waals surface area contributed by atoms with Gasteiger partial charge in [0.2, 0.25) is 0 Å². The van der Waals surface area contributed by atoms with Crippen LogP contribution in [0.5, 0.6) is 5.75 Å². The SMILES string of the molecule is NC(=S)N(c1ccccc1)c1cccc(O)c1. The molecule has 0 radical (unpaired) electrons. The quantitative estimate of drug-likeness (QED) is 0.798. The van der Waals surface area contributed by atoms with Gasteiger partial charge in [-0.3, -0.25) is 4.90 Å². The minimum absolute atomic E-state index is 0.180. The smallest absolute Gasteiger partial charge is 0.175 e. The van der Waals surface area contributed by atoms with Crippen molar-refractivity contribution in [1.82, 2.24) is 0 Å². The van der Waals surface area contributed by atoms with Crippen molar-refractivity contribution in [2.24, 2.45) is 5.73 Å². The highest BCUT2D eigenvalue weighted by atomic mass is 32.1. The summed E-state index contributed by atoms with van der Waals surface area (Å²) in [6, 6.07) is 16.4. The Kier molecular flexibility index (Phi) is 3.25. The third-order valence-electron chi connectivity index (χ3n) is 2.32. The number of thiocarbonyl (C=S) groups is 1. The van der Waals surface area contributed by atoms with E-state index in [9.17, 15) is 5.11 Å². The molecule has 0 aliphatic carbocycles. The maximum Gasteiger partial charge on any atom is 0.175 e. The first kappa shape index (κ1) is 11.4. The molecule has 0 atom stereocenters. The fourth-order valence-electron chi connectivity index (χ4n) is 1.61. The zero-order valence-electron chi connectivity index (χ0n) is 9.08. The van der Waals surface area contributed by atoms with Crippen molar-refractivity contribution in [2.45, 2.75) is 0 Å². The van der Waals surface area contributed by atoms with Crippen LogP contribution in [0, 0.1) is 0 Å². The molecule has 0 saturated carbocycles. The molecule has 0 spiro atoms. The van der Waals surface area contributed by atoms with Crippen molar-refractivity contribution >= 4 is 28.7 Å². The van der Waals surface area contributed by atoms with E-state index in [4.69, 9.17) is 18.0 Å². The highest BCUT2D eigenvalue weighted by Gasteiger charge is 2.11. The summed E-state index contributed by atoms with van der Waals surface area (Å²) in [6.45, 7) is 0. The Balaban J connectivity index is 2.47. The van der Waals surface area contributed by atoms with Crippen molar-refractivity contribution in [3.05, 3.63) is 54.6 Å². The summed E-state index contributed by atoms with van der Waals surface area (Å²) in [5.41, 5.74) is 7.33. The van der Waals surface area contributed by atoms with Crippen molar-refractivity contribution in [1.29, 1.82) is 0 Å². The molecule has 3 nitrogen and oxygen atoms in total. The van der Waals surface area contributed by atoms with E-state index in [0.717, 1.165) is 11.4 Å². The van der Waals surface area contributed by atoms with Gasteiger partial charge in [0.15, 0.2) is 5.11 Å². The van der Waals surface area contributed by atoms with Crippen LogP contribution in [0.4, 0.5) is 11.4 Å². The molecule has 0 amide bonds. The van der Waals surface area contributed by atoms with Crippen LogP contribution in [0.3, 0.4) is 0 Å². The number of hydrogen-bond donors (Lipinski definition) is 2. The third kappa shape index (κ3) is 2.54. The van der Waals surface area contributed by atoms with E-state index in [2.05, 4.69) is 0 Å². The van der Waals surface area contributed by atoms with Crippen molar-refractivity contribution in [3.8, 4) is 5.75 Å². The summed E-state index contributed by atoms with van der Waals surface area (Å²) in [4.78, 5) is 1.70. The van der Waals surface area contributed by atoms with Gasteiger partial charge < -0.3 is 10.8 Å². The second-order valence-electron chi connectivity index (χ2n) is 3.53. The topological polar surface area (TPSA) is 49.5 Å². The van der Waals surface area contributed by atoms with E-state index in [1.165, 1.54) is 0 Å². The van der Waals surface area contributed by atoms with Gasteiger partial charge in [-0.1, -0.05) is 24.3 Å². The normalized spacial score (nSPS) is 9.88. The molecule has 0 heterocycles. The largest absolute Gasteiger partial charge is 0.508 e. The number of anilines is 2. The lowest BCUT2D eigenvalue weighted by atomic mass is 10.2. The maximum absolute atomic E-state index is 9.48. The molecule has 0 aliphatic heterocycles. The summed E-state index contributed by atoms with van der Waals surface area (Å²) in [7, 11) is 0. The molecule has 0 aromatic heterocycles. The molecule has 3 N–H and O–H groups in total. The number of phenolic OH excluding ortho intramolecular Hbond substituents is 1. The van der Waals surface area contributed by atoms with Crippen LogP contribution in [-0.4, -0.2) is 10.2 Å². The van der Waals surface area contributed by atoms with E-state index in [0.29, 0.717) is 0 Å². The number of aromatic hydroxyl groups is 1. The van der Waals surface area contributed by atoms with Gasteiger partial charge in [-0.25, -0.2) is 0 Å². The highest BCUT2D eigenvalue weighted by molar-refractivity contribution is 7.80. The van der Waals surface area contributed by atoms with Crippen LogP contribution >= 0.6 is 12.2 Å². The highest BCUT2D eigenvalue weighted by Crippen LogP contribution is 2.27. The zero-order chi connectivity index (χ0) is 12.3. The second-order valence-corrected chi connectivity index (χ2v) is 3.95. The average molecular weight is 244 g/mol. The molecule has 0 unspecified atom stereocenters. The van der Waals surface area contributed by atoms with Crippen molar-refractivity contribution < 1.29 is 5.11 Å². The summed E-state index contributed by atoms with van der Waals surface area (Å²) < 4.78 is 0. The average Bonchev–Trinajstić information content (AvgIpc) is 2.30. The Morgan fingerprint density at radius 3 is 2.24 bits per heavy atom. The van der Waals surface area contributed by atoms with Crippen LogP contribution in [0.2, 0.25) is 0 Å². The zero-order valence-corrected chi connectivity index (χ0v) is 9.89. The first-order valence-corrected chi connectivity index (χ1v) is 5.53. The van der Waals surface area contributed by atoms with Crippen LogP contribution in [-0.2, 0) is 0 Å². The Hall–Kier alpha value is -2.07. The Labute approximate surface area is 105 Å². The Morgan fingerprint density at radius 2 is 1.65 bits per heavy atom. The maximum atomic E-state index is 9.48. The first-order valence-electron chi connectivity index (χ1n) is 5.12. The monoisotopic (exact) mass is 244 g/mol. The van der Waals surface area contributed by atoms with Gasteiger partial charge in [-0.2, -0.15) is 0 Å². The number of rotatable bonds is 2. The molecule has 2 rings (SSSR count). The summed E-state index contributed by atoms with van der Waals surface area (Å²) in [6.07, 6.45) is 0. The van der Waals surface area contributed by atoms with Crippen LogP contribution < -0.4 is 10.6 Å². The number of hydrogen-bond acceptors (Lipinski definition) is 2. The second kappa shape index (κ2) is 4.84. The third-order valence-corrected chi connectivity index (χ3v) is 2.51. The lowest BCUT2D eigenvalue weighted by Gasteiger charge is -2.23. The Morgan fingerprint density at radius 1 is 1.00 bits per heavy atom. The molecule has 4 heteroatoms. The number of para-hydroxylation sites is 1. The predicted molar refractivity (Wildman–Crippen MR) is 73.5 cm³/mol. The summed E-state index contributed by atoms with van der Waals surface area (Å²) in [5, 5.41) is 9.72. The lowest BCUT2D eigenvalue weighted by molar-refractivity contribution is 0.475. The van der Waals surface area contributed by atoms with Crippen LogP contribution in [0.1, 0.15) is 0 Å². The van der Waals surface area contributed by atoms with E-state index < -0.39 is 0 Å². The molecule has 0 aliphatic rings. The fourth-order valence-corrected chi connectivity index (χ4v) is 1.82. The number of nitrogens with two attached hydrogens (primary N) is 1. The van der Waals surface area contributed by atoms with E-state index in [1.54, 1.807) is 23.1 Å². The lowest BCUT2D eigenvalue weighted by Crippen LogP contribution is -2.30. The van der Waals surface area contributed by atoms with Gasteiger partial charge in [0, 0.05) is 11.8 Å². The number of phenols is 1. The van der Waals surface area contributed by atoms with Crippen molar-refractivity contribution in [3.63, 3.8) is 0 Å². The molecule has 0 fully saturated rings. The van der Waals surface area contributed by atoms with E-state index in [-0.39, 0.29) is 10.9 Å². The summed E-state index contributed by atoms with van der Waals surface area (Å²) in [5.74, 6) is 0.180. The van der Waals surface area contributed by atoms with Gasteiger partial charge in [-0.05, 0) is 36.5 Å². The Bertz CT molecular complexity index is 528. The van der Waals surface area contributed by atoms with Crippen LogP contribution in [0.25, 0.3) is 0 Å². The molecule has 86 valence electrons. The minimum atomic E-state index is 0.180. The molecule has 17 heavy (non-hydrogen) atoms.